The van der Waals surface area contributed by atoms with E-state index in [4.69, 9.17) is 0 Å². The van der Waals surface area contributed by atoms with Crippen LogP contribution in [-0.4, -0.2) is 20.6 Å². The van der Waals surface area contributed by atoms with E-state index >= 15 is 0 Å². The Hall–Kier alpha value is -1.91. The highest BCUT2D eigenvalue weighted by Gasteiger charge is 2.55. The van der Waals surface area contributed by atoms with Crippen molar-refractivity contribution < 1.29 is 14.3 Å². The van der Waals surface area contributed by atoms with Gasteiger partial charge < -0.3 is 9.67 Å². The number of carboxylic acid groups (broad SMARTS) is 1. The van der Waals surface area contributed by atoms with E-state index < -0.39 is 11.4 Å². The van der Waals surface area contributed by atoms with Crippen molar-refractivity contribution in [2.45, 2.75) is 18.3 Å². The smallest absolute Gasteiger partial charge is 0.317 e. The van der Waals surface area contributed by atoms with Crippen LogP contribution in [0.3, 0.4) is 0 Å². The summed E-state index contributed by atoms with van der Waals surface area (Å²) in [5.74, 6) is -0.690. The first-order valence-corrected chi connectivity index (χ1v) is 5.40. The monoisotopic (exact) mass is 234 g/mol. The Labute approximate surface area is 96.7 Å². The summed E-state index contributed by atoms with van der Waals surface area (Å²) in [5.41, 5.74) is 0.411. The van der Waals surface area contributed by atoms with Crippen LogP contribution in [0.1, 0.15) is 18.7 Å². The Morgan fingerprint density at radius 3 is 2.82 bits per heavy atom. The molecule has 0 amide bonds. The van der Waals surface area contributed by atoms with E-state index in [1.165, 1.54) is 12.1 Å². The molecule has 1 aromatic heterocycles. The number of benzene rings is 1. The molecule has 1 aromatic carbocycles. The lowest BCUT2D eigenvalue weighted by Gasteiger charge is -2.09. The Morgan fingerprint density at radius 1 is 1.53 bits per heavy atom. The number of hydrogen-bond donors (Lipinski definition) is 1. The average Bonchev–Trinajstić information content (AvgIpc) is 3.01. The molecule has 5 heteroatoms. The highest BCUT2D eigenvalue weighted by atomic mass is 19.1. The van der Waals surface area contributed by atoms with Crippen molar-refractivity contribution in [3.8, 4) is 0 Å². The Morgan fingerprint density at radius 2 is 2.24 bits per heavy atom. The van der Waals surface area contributed by atoms with E-state index in [0.717, 1.165) is 5.52 Å². The molecule has 1 N–H and O–H groups in total. The topological polar surface area (TPSA) is 55.1 Å². The first-order chi connectivity index (χ1) is 8.04. The Kier molecular flexibility index (Phi) is 1.85. The maximum Gasteiger partial charge on any atom is 0.317 e. The summed E-state index contributed by atoms with van der Waals surface area (Å²) >= 11 is 0. The van der Waals surface area contributed by atoms with Crippen LogP contribution in [0.25, 0.3) is 11.0 Å². The van der Waals surface area contributed by atoms with Crippen LogP contribution in [0.2, 0.25) is 0 Å². The molecule has 1 fully saturated rings. The highest BCUT2D eigenvalue weighted by Crippen LogP contribution is 2.48. The van der Waals surface area contributed by atoms with E-state index in [9.17, 15) is 14.3 Å². The molecule has 0 saturated heterocycles. The van der Waals surface area contributed by atoms with Crippen LogP contribution in [0, 0.1) is 5.82 Å². The lowest BCUT2D eigenvalue weighted by molar-refractivity contribution is -0.140. The average molecular weight is 234 g/mol. The summed E-state index contributed by atoms with van der Waals surface area (Å²) in [6, 6.07) is 4.31. The van der Waals surface area contributed by atoms with Crippen molar-refractivity contribution in [1.82, 2.24) is 9.55 Å². The minimum atomic E-state index is -0.857. The molecule has 4 nitrogen and oxygen atoms in total. The number of carbonyl (C=O) groups is 1. The van der Waals surface area contributed by atoms with Crippen LogP contribution < -0.4 is 0 Å². The lowest BCUT2D eigenvalue weighted by atomic mass is 10.1. The van der Waals surface area contributed by atoms with Gasteiger partial charge in [0.2, 0.25) is 0 Å². The first kappa shape index (κ1) is 10.3. The van der Waals surface area contributed by atoms with Gasteiger partial charge in [-0.1, -0.05) is 0 Å². The maximum absolute atomic E-state index is 13.1. The molecule has 2 aromatic rings. The molecule has 1 aliphatic rings. The van der Waals surface area contributed by atoms with Gasteiger partial charge in [-0.05, 0) is 25.0 Å². The molecule has 0 spiro atoms. The van der Waals surface area contributed by atoms with Gasteiger partial charge in [-0.2, -0.15) is 0 Å². The normalized spacial score (nSPS) is 17.3. The largest absolute Gasteiger partial charge is 0.480 e. The molecule has 0 unspecified atom stereocenters. The van der Waals surface area contributed by atoms with Gasteiger partial charge in [-0.25, -0.2) is 9.37 Å². The van der Waals surface area contributed by atoms with Crippen molar-refractivity contribution in [3.05, 3.63) is 29.8 Å². The molecular formula is C12H11FN2O2. The van der Waals surface area contributed by atoms with Crippen LogP contribution in [0.15, 0.2) is 18.2 Å². The molecule has 1 heterocycles. The number of nitrogens with zero attached hydrogens (tertiary/aromatic N) is 2. The third kappa shape index (κ3) is 1.28. The van der Waals surface area contributed by atoms with Gasteiger partial charge in [0.05, 0.1) is 11.0 Å². The fraction of sp³-hybridized carbons (Fsp3) is 0.333. The van der Waals surface area contributed by atoms with Crippen molar-refractivity contribution in [2.24, 2.45) is 7.05 Å². The molecule has 88 valence electrons. The Balaban J connectivity index is 2.25. The summed E-state index contributed by atoms with van der Waals surface area (Å²) in [5, 5.41) is 9.23. The van der Waals surface area contributed by atoms with E-state index in [1.54, 1.807) is 17.7 Å². The van der Waals surface area contributed by atoms with E-state index in [1.807, 2.05) is 0 Å². The van der Waals surface area contributed by atoms with Gasteiger partial charge in [-0.15, -0.1) is 0 Å². The lowest BCUT2D eigenvalue weighted by Crippen LogP contribution is -2.23. The number of halogens is 1. The summed E-state index contributed by atoms with van der Waals surface area (Å²) in [6.45, 7) is 0. The zero-order valence-corrected chi connectivity index (χ0v) is 9.27. The minimum Gasteiger partial charge on any atom is -0.480 e. The van der Waals surface area contributed by atoms with Gasteiger partial charge in [0.1, 0.15) is 17.1 Å². The second kappa shape index (κ2) is 3.06. The molecule has 0 atom stereocenters. The second-order valence-corrected chi connectivity index (χ2v) is 4.51. The van der Waals surface area contributed by atoms with Crippen molar-refractivity contribution in [2.75, 3.05) is 0 Å². The molecular weight excluding hydrogens is 223 g/mol. The molecule has 0 bridgehead atoms. The quantitative estimate of drug-likeness (QED) is 0.862. The van der Waals surface area contributed by atoms with Gasteiger partial charge >= 0.3 is 5.97 Å². The number of aromatic nitrogens is 2. The van der Waals surface area contributed by atoms with Gasteiger partial charge in [0.25, 0.3) is 0 Å². The third-order valence-corrected chi connectivity index (χ3v) is 3.43. The number of aliphatic carboxylic acids is 1. The Bertz CT molecular complexity index is 629. The predicted octanol–water partition coefficient (Wildman–Crippen LogP) is 1.83. The maximum atomic E-state index is 13.1. The van der Waals surface area contributed by atoms with Gasteiger partial charge in [0, 0.05) is 13.1 Å². The van der Waals surface area contributed by atoms with Crippen molar-refractivity contribution in [3.63, 3.8) is 0 Å². The minimum absolute atomic E-state index is 0.359. The van der Waals surface area contributed by atoms with Crippen LogP contribution >= 0.6 is 0 Å². The SMILES string of the molecule is Cn1c(C2(C(=O)O)CC2)nc2cc(F)ccc21. The highest BCUT2D eigenvalue weighted by molar-refractivity contribution is 5.86. The number of aryl methyl sites for hydroxylation is 1. The number of fused-ring (bicyclic) bond motifs is 1. The number of imidazole rings is 1. The third-order valence-electron chi connectivity index (χ3n) is 3.43. The van der Waals surface area contributed by atoms with Crippen LogP contribution in [-0.2, 0) is 17.3 Å². The standard InChI is InChI=1S/C12H11FN2O2/c1-15-9-3-2-7(13)6-8(9)14-10(15)12(4-5-12)11(16)17/h2-3,6H,4-5H2,1H3,(H,16,17). The molecule has 0 radical (unpaired) electrons. The van der Waals surface area contributed by atoms with E-state index in [-0.39, 0.29) is 5.82 Å². The van der Waals surface area contributed by atoms with Crippen LogP contribution in [0.5, 0.6) is 0 Å². The van der Waals surface area contributed by atoms with Gasteiger partial charge in [0.15, 0.2) is 0 Å². The van der Waals surface area contributed by atoms with E-state index in [2.05, 4.69) is 4.98 Å². The zero-order chi connectivity index (χ0) is 12.2. The number of carboxylic acids is 1. The zero-order valence-electron chi connectivity index (χ0n) is 9.27. The number of rotatable bonds is 2. The summed E-state index contributed by atoms with van der Waals surface area (Å²) in [7, 11) is 1.77. The first-order valence-electron chi connectivity index (χ1n) is 5.40. The molecule has 1 saturated carbocycles. The van der Waals surface area contributed by atoms with Crippen molar-refractivity contribution >= 4 is 17.0 Å². The summed E-state index contributed by atoms with van der Waals surface area (Å²) in [6.07, 6.45) is 1.20. The molecule has 0 aliphatic heterocycles. The summed E-state index contributed by atoms with van der Waals surface area (Å²) < 4.78 is 14.8. The number of hydrogen-bond acceptors (Lipinski definition) is 2. The fourth-order valence-corrected chi connectivity index (χ4v) is 2.26. The van der Waals surface area contributed by atoms with Crippen LogP contribution in [0.4, 0.5) is 4.39 Å². The van der Waals surface area contributed by atoms with Gasteiger partial charge in [-0.3, -0.25) is 4.79 Å². The summed E-state index contributed by atoms with van der Waals surface area (Å²) in [4.78, 5) is 15.5. The van der Waals surface area contributed by atoms with E-state index in [0.29, 0.717) is 24.2 Å². The second-order valence-electron chi connectivity index (χ2n) is 4.51. The molecule has 3 rings (SSSR count). The predicted molar refractivity (Wildman–Crippen MR) is 59.2 cm³/mol. The molecule has 17 heavy (non-hydrogen) atoms. The molecule has 1 aliphatic carbocycles. The van der Waals surface area contributed by atoms with Crippen molar-refractivity contribution in [1.29, 1.82) is 0 Å². The fourth-order valence-electron chi connectivity index (χ4n) is 2.26.